The number of pyridine rings is 1. The molecule has 0 aliphatic carbocycles. The normalized spacial score (nSPS) is 14.0. The molecular formula is C23H21N3O. The Morgan fingerprint density at radius 3 is 2.59 bits per heavy atom. The maximum atomic E-state index is 6.25. The Morgan fingerprint density at radius 1 is 0.963 bits per heavy atom. The number of fused-ring (bicyclic) bond motifs is 3. The van der Waals surface area contributed by atoms with Crippen molar-refractivity contribution in [2.75, 3.05) is 18.6 Å². The fourth-order valence-electron chi connectivity index (χ4n) is 3.64. The summed E-state index contributed by atoms with van der Waals surface area (Å²) < 4.78 is 6.25. The van der Waals surface area contributed by atoms with Crippen LogP contribution in [-0.2, 0) is 0 Å². The summed E-state index contributed by atoms with van der Waals surface area (Å²) in [5.41, 5.74) is 7.45. The van der Waals surface area contributed by atoms with Crippen LogP contribution in [0.5, 0.6) is 0 Å². The third-order valence-corrected chi connectivity index (χ3v) is 5.31. The first-order valence-corrected chi connectivity index (χ1v) is 9.14. The van der Waals surface area contributed by atoms with E-state index in [4.69, 9.17) is 4.42 Å². The highest BCUT2D eigenvalue weighted by Gasteiger charge is 2.20. The lowest BCUT2D eigenvalue weighted by atomic mass is 10.0. The molecule has 134 valence electrons. The van der Waals surface area contributed by atoms with E-state index in [9.17, 15) is 0 Å². The Labute approximate surface area is 158 Å². The van der Waals surface area contributed by atoms with E-state index in [-0.39, 0.29) is 0 Å². The standard InChI is InChI=1S/C23H21N3O/c1-15-10-20(24-13-16(15)2)17-11-19-18-6-4-5-7-22(18)27-23(19)21(12-17)26-9-8-25(3)14-26/h4-13H,14H2,1-3H3. The smallest absolute Gasteiger partial charge is 0.159 e. The van der Waals surface area contributed by atoms with Crippen molar-refractivity contribution in [3.63, 3.8) is 0 Å². The lowest BCUT2D eigenvalue weighted by molar-refractivity contribution is 0.495. The minimum Gasteiger partial charge on any atom is -0.454 e. The molecule has 4 aromatic rings. The second-order valence-electron chi connectivity index (χ2n) is 7.29. The molecule has 0 bridgehead atoms. The summed E-state index contributed by atoms with van der Waals surface area (Å²) in [6.07, 6.45) is 6.13. The minimum absolute atomic E-state index is 0.802. The van der Waals surface area contributed by atoms with Crippen molar-refractivity contribution in [2.45, 2.75) is 13.8 Å². The minimum atomic E-state index is 0.802. The monoisotopic (exact) mass is 355 g/mol. The molecule has 0 N–H and O–H groups in total. The third-order valence-electron chi connectivity index (χ3n) is 5.31. The molecule has 0 atom stereocenters. The summed E-state index contributed by atoms with van der Waals surface area (Å²) in [6, 6.07) is 14.8. The molecular weight excluding hydrogens is 334 g/mol. The molecule has 5 rings (SSSR count). The number of para-hydroxylation sites is 1. The molecule has 0 spiro atoms. The van der Waals surface area contributed by atoms with Crippen LogP contribution in [0.25, 0.3) is 33.2 Å². The van der Waals surface area contributed by atoms with Crippen molar-refractivity contribution in [1.82, 2.24) is 9.88 Å². The second-order valence-corrected chi connectivity index (χ2v) is 7.29. The molecule has 4 nitrogen and oxygen atoms in total. The Bertz CT molecular complexity index is 1210. The van der Waals surface area contributed by atoms with Crippen LogP contribution in [0.3, 0.4) is 0 Å². The van der Waals surface area contributed by atoms with Gasteiger partial charge in [0.15, 0.2) is 5.58 Å². The topological polar surface area (TPSA) is 32.5 Å². The highest BCUT2D eigenvalue weighted by Crippen LogP contribution is 2.39. The number of benzene rings is 2. The molecule has 1 aliphatic rings. The average molecular weight is 355 g/mol. The van der Waals surface area contributed by atoms with Gasteiger partial charge in [-0.2, -0.15) is 0 Å². The lowest BCUT2D eigenvalue weighted by Gasteiger charge is -2.19. The number of hydrogen-bond acceptors (Lipinski definition) is 4. The van der Waals surface area contributed by atoms with Gasteiger partial charge in [-0.3, -0.25) is 4.98 Å². The molecule has 0 amide bonds. The predicted octanol–water partition coefficient (Wildman–Crippen LogP) is 5.45. The quantitative estimate of drug-likeness (QED) is 0.479. The highest BCUT2D eigenvalue weighted by molar-refractivity contribution is 6.10. The zero-order chi connectivity index (χ0) is 18.5. The van der Waals surface area contributed by atoms with E-state index in [0.29, 0.717) is 0 Å². The Balaban J connectivity index is 1.80. The van der Waals surface area contributed by atoms with Crippen LogP contribution < -0.4 is 4.90 Å². The van der Waals surface area contributed by atoms with Crippen molar-refractivity contribution in [3.8, 4) is 11.3 Å². The largest absolute Gasteiger partial charge is 0.454 e. The molecule has 2 aromatic carbocycles. The van der Waals surface area contributed by atoms with Crippen LogP contribution in [0.4, 0.5) is 5.69 Å². The molecule has 0 radical (unpaired) electrons. The van der Waals surface area contributed by atoms with E-state index in [1.54, 1.807) is 0 Å². The maximum Gasteiger partial charge on any atom is 0.159 e. The van der Waals surface area contributed by atoms with Gasteiger partial charge in [0.05, 0.1) is 18.1 Å². The Morgan fingerprint density at radius 2 is 1.81 bits per heavy atom. The maximum absolute atomic E-state index is 6.25. The van der Waals surface area contributed by atoms with E-state index in [1.807, 2.05) is 18.3 Å². The van der Waals surface area contributed by atoms with Gasteiger partial charge in [0, 0.05) is 42.0 Å². The van der Waals surface area contributed by atoms with Crippen LogP contribution >= 0.6 is 0 Å². The number of rotatable bonds is 2. The number of anilines is 1. The van der Waals surface area contributed by atoms with Gasteiger partial charge in [-0.15, -0.1) is 0 Å². The SMILES string of the molecule is Cc1cnc(-c2cc(N3C=CN(C)C3)c3oc4ccccc4c3c2)cc1C. The number of hydrogen-bond donors (Lipinski definition) is 0. The molecule has 4 heteroatoms. The van der Waals surface area contributed by atoms with Crippen molar-refractivity contribution in [3.05, 3.63) is 72.2 Å². The van der Waals surface area contributed by atoms with E-state index in [1.165, 1.54) is 11.1 Å². The van der Waals surface area contributed by atoms with Crippen molar-refractivity contribution in [2.24, 2.45) is 0 Å². The van der Waals surface area contributed by atoms with Gasteiger partial charge in [-0.1, -0.05) is 18.2 Å². The lowest BCUT2D eigenvalue weighted by Crippen LogP contribution is -2.21. The zero-order valence-corrected chi connectivity index (χ0v) is 15.7. The molecule has 3 heterocycles. The van der Waals surface area contributed by atoms with E-state index in [0.717, 1.165) is 45.6 Å². The molecule has 27 heavy (non-hydrogen) atoms. The van der Waals surface area contributed by atoms with Gasteiger partial charge in [0.1, 0.15) is 5.58 Å². The van der Waals surface area contributed by atoms with Gasteiger partial charge < -0.3 is 14.2 Å². The molecule has 2 aromatic heterocycles. The highest BCUT2D eigenvalue weighted by atomic mass is 16.3. The summed E-state index contributed by atoms with van der Waals surface area (Å²) in [6.45, 7) is 5.02. The zero-order valence-electron chi connectivity index (χ0n) is 15.7. The summed E-state index contributed by atoms with van der Waals surface area (Å²) in [4.78, 5) is 9.05. The number of nitrogens with zero attached hydrogens (tertiary/aromatic N) is 3. The Kier molecular flexibility index (Phi) is 3.47. The molecule has 1 aliphatic heterocycles. The fraction of sp³-hybridized carbons (Fsp3) is 0.174. The molecule has 0 saturated carbocycles. The van der Waals surface area contributed by atoms with Crippen LogP contribution in [0.1, 0.15) is 11.1 Å². The van der Waals surface area contributed by atoms with Crippen molar-refractivity contribution < 1.29 is 4.42 Å². The van der Waals surface area contributed by atoms with Crippen molar-refractivity contribution >= 4 is 27.6 Å². The molecule has 0 unspecified atom stereocenters. The van der Waals surface area contributed by atoms with E-state index < -0.39 is 0 Å². The second kappa shape index (κ2) is 5.88. The summed E-state index contributed by atoms with van der Waals surface area (Å²) >= 11 is 0. The van der Waals surface area contributed by atoms with E-state index >= 15 is 0 Å². The van der Waals surface area contributed by atoms with Crippen LogP contribution in [0.15, 0.2) is 65.5 Å². The van der Waals surface area contributed by atoms with Gasteiger partial charge >= 0.3 is 0 Å². The van der Waals surface area contributed by atoms with Crippen molar-refractivity contribution in [1.29, 1.82) is 0 Å². The molecule has 0 fully saturated rings. The van der Waals surface area contributed by atoms with Crippen LogP contribution in [0.2, 0.25) is 0 Å². The van der Waals surface area contributed by atoms with Gasteiger partial charge in [-0.05, 0) is 49.2 Å². The first-order valence-electron chi connectivity index (χ1n) is 9.14. The molecule has 0 saturated heterocycles. The van der Waals surface area contributed by atoms with Crippen LogP contribution in [-0.4, -0.2) is 23.6 Å². The first kappa shape index (κ1) is 15.9. The summed E-state index contributed by atoms with van der Waals surface area (Å²) in [5.74, 6) is 0. The third kappa shape index (κ3) is 2.56. The van der Waals surface area contributed by atoms with E-state index in [2.05, 4.69) is 78.4 Å². The summed E-state index contributed by atoms with van der Waals surface area (Å²) in [5, 5.41) is 2.26. The van der Waals surface area contributed by atoms with Gasteiger partial charge in [0.2, 0.25) is 0 Å². The number of furan rings is 1. The average Bonchev–Trinajstić information content (AvgIpc) is 3.27. The first-order chi connectivity index (χ1) is 13.1. The van der Waals surface area contributed by atoms with Crippen LogP contribution in [0, 0.1) is 13.8 Å². The summed E-state index contributed by atoms with van der Waals surface area (Å²) in [7, 11) is 2.07. The predicted molar refractivity (Wildman–Crippen MR) is 111 cm³/mol. The number of aromatic nitrogens is 1. The van der Waals surface area contributed by atoms with Gasteiger partial charge in [0.25, 0.3) is 0 Å². The number of aryl methyl sites for hydroxylation is 2. The fourth-order valence-corrected chi connectivity index (χ4v) is 3.64. The van der Waals surface area contributed by atoms with Gasteiger partial charge in [-0.25, -0.2) is 0 Å². The Hall–Kier alpha value is -3.27.